The van der Waals surface area contributed by atoms with E-state index in [4.69, 9.17) is 17.2 Å². The molecule has 0 saturated carbocycles. The van der Waals surface area contributed by atoms with Gasteiger partial charge in [-0.1, -0.05) is 41.5 Å². The summed E-state index contributed by atoms with van der Waals surface area (Å²) in [6, 6.07) is -2.47. The SMILES string of the molecule is CC(C)C(N)C(=O)[O-].CC(C)C(N)C(=O)[O-].CC(C)C(N)C(=O)[O-].[Bi+3]. The molecule has 0 bridgehead atoms. The predicted octanol–water partition coefficient (Wildman–Crippen LogP) is -4.22. The van der Waals surface area contributed by atoms with Crippen LogP contribution < -0.4 is 32.5 Å². The second kappa shape index (κ2) is 16.6. The fourth-order valence-corrected chi connectivity index (χ4v) is 0.816. The monoisotopic (exact) mass is 557 g/mol. The molecule has 0 aliphatic heterocycles. The van der Waals surface area contributed by atoms with Crippen LogP contribution in [0.15, 0.2) is 0 Å². The Kier molecular flexibility index (Phi) is 21.2. The summed E-state index contributed by atoms with van der Waals surface area (Å²) in [5.41, 5.74) is 15.3. The van der Waals surface area contributed by atoms with Gasteiger partial charge < -0.3 is 46.9 Å². The van der Waals surface area contributed by atoms with Crippen molar-refractivity contribution in [1.82, 2.24) is 0 Å². The number of carbonyl (C=O) groups excluding carboxylic acids is 3. The average molecular weight is 557 g/mol. The van der Waals surface area contributed by atoms with E-state index in [0.29, 0.717) is 0 Å². The summed E-state index contributed by atoms with van der Waals surface area (Å²) in [5, 5.41) is 29.7. The molecule has 0 aromatic carbocycles. The Balaban J connectivity index is -0.000000130. The second-order valence-corrected chi connectivity index (χ2v) is 6.27. The van der Waals surface area contributed by atoms with Crippen LogP contribution in [0.1, 0.15) is 41.5 Å². The number of carboxylic acid groups (broad SMARTS) is 3. The first-order chi connectivity index (χ1) is 10.7. The summed E-state index contributed by atoms with van der Waals surface area (Å²) in [6.45, 7) is 10.4. The summed E-state index contributed by atoms with van der Waals surface area (Å²) in [6.07, 6.45) is 0. The molecule has 0 rings (SSSR count). The minimum Gasteiger partial charge on any atom is -0.548 e. The molecule has 0 aliphatic carbocycles. The maximum atomic E-state index is 9.90. The summed E-state index contributed by atoms with van der Waals surface area (Å²) >= 11 is 0. The molecule has 6 N–H and O–H groups in total. The summed E-state index contributed by atoms with van der Waals surface area (Å²) in [5.74, 6) is -3.67. The Hall–Kier alpha value is -0.827. The zero-order valence-electron chi connectivity index (χ0n) is 15.6. The van der Waals surface area contributed by atoms with Crippen LogP contribution >= 0.6 is 0 Å². The van der Waals surface area contributed by atoms with Crippen LogP contribution in [0.2, 0.25) is 0 Å². The molecule has 0 aromatic heterocycles. The van der Waals surface area contributed by atoms with E-state index >= 15 is 0 Å². The van der Waals surface area contributed by atoms with E-state index in [1.807, 2.05) is 0 Å². The van der Waals surface area contributed by atoms with Gasteiger partial charge in [0.1, 0.15) is 0 Å². The van der Waals surface area contributed by atoms with Crippen molar-refractivity contribution in [3.05, 3.63) is 0 Å². The maximum Gasteiger partial charge on any atom is 3.00 e. The molecule has 2 radical (unpaired) electrons. The molecular weight excluding hydrogens is 527 g/mol. The van der Waals surface area contributed by atoms with Crippen molar-refractivity contribution in [1.29, 1.82) is 0 Å². The predicted molar refractivity (Wildman–Crippen MR) is 89.2 cm³/mol. The van der Waals surface area contributed by atoms with E-state index in [2.05, 4.69) is 0 Å². The normalized spacial score (nSPS) is 13.4. The molecule has 9 nitrogen and oxygen atoms in total. The standard InChI is InChI=1S/3C5H11NO2.Bi/c3*1-3(2)4(6)5(7)8;/h3*3-4H,6H2,1-2H3,(H,7,8);/q;;;+3/p-3. The van der Waals surface area contributed by atoms with Crippen molar-refractivity contribution in [2.24, 2.45) is 35.0 Å². The van der Waals surface area contributed by atoms with Crippen molar-refractivity contribution in [3.8, 4) is 0 Å². The third kappa shape index (κ3) is 19.3. The molecule has 0 heterocycles. The number of carbonyl (C=O) groups is 3. The van der Waals surface area contributed by atoms with Crippen molar-refractivity contribution in [2.75, 3.05) is 0 Å². The quantitative estimate of drug-likeness (QED) is 0.271. The van der Waals surface area contributed by atoms with Gasteiger partial charge in [0.25, 0.3) is 0 Å². The molecule has 0 aromatic rings. The fraction of sp³-hybridized carbons (Fsp3) is 0.800. The molecule has 0 spiro atoms. The molecule has 146 valence electrons. The molecule has 10 heteroatoms. The summed E-state index contributed by atoms with van der Waals surface area (Å²) in [7, 11) is 0. The van der Waals surface area contributed by atoms with Crippen molar-refractivity contribution in [2.45, 2.75) is 59.7 Å². The Labute approximate surface area is 168 Å². The van der Waals surface area contributed by atoms with Gasteiger partial charge in [0.15, 0.2) is 0 Å². The maximum absolute atomic E-state index is 9.90. The van der Waals surface area contributed by atoms with E-state index < -0.39 is 36.0 Å². The third-order valence-electron chi connectivity index (χ3n) is 2.97. The Morgan fingerprint density at radius 3 is 0.680 bits per heavy atom. The van der Waals surface area contributed by atoms with Gasteiger partial charge in [-0.05, 0) is 17.8 Å². The second-order valence-electron chi connectivity index (χ2n) is 6.27. The topological polar surface area (TPSA) is 198 Å². The Bertz CT molecular complexity index is 334. The minimum atomic E-state index is -1.18. The molecule has 25 heavy (non-hydrogen) atoms. The number of hydrogen-bond donors (Lipinski definition) is 3. The van der Waals surface area contributed by atoms with Gasteiger partial charge in [-0.15, -0.1) is 0 Å². The zero-order valence-corrected chi connectivity index (χ0v) is 19.1. The minimum absolute atomic E-state index is 0. The van der Waals surface area contributed by atoms with Crippen LogP contribution in [0, 0.1) is 17.8 Å². The molecule has 0 aliphatic rings. The number of nitrogens with two attached hydrogens (primary N) is 3. The van der Waals surface area contributed by atoms with Crippen LogP contribution in [0.5, 0.6) is 0 Å². The average Bonchev–Trinajstić information content (AvgIpc) is 2.45. The Morgan fingerprint density at radius 2 is 0.680 bits per heavy atom. The van der Waals surface area contributed by atoms with Gasteiger partial charge >= 0.3 is 26.2 Å². The van der Waals surface area contributed by atoms with Gasteiger partial charge in [-0.25, -0.2) is 0 Å². The molecule has 3 atom stereocenters. The first-order valence-electron chi connectivity index (χ1n) is 7.55. The first-order valence-corrected chi connectivity index (χ1v) is 7.55. The third-order valence-corrected chi connectivity index (χ3v) is 2.97. The summed E-state index contributed by atoms with van der Waals surface area (Å²) in [4.78, 5) is 29.7. The van der Waals surface area contributed by atoms with E-state index in [9.17, 15) is 29.7 Å². The zero-order chi connectivity index (χ0) is 20.2. The van der Waals surface area contributed by atoms with Crippen LogP contribution in [-0.2, 0) is 14.4 Å². The van der Waals surface area contributed by atoms with Gasteiger partial charge in [-0.3, -0.25) is 0 Å². The molecule has 3 unspecified atom stereocenters. The van der Waals surface area contributed by atoms with E-state index in [1.54, 1.807) is 41.5 Å². The van der Waals surface area contributed by atoms with Gasteiger partial charge in [0, 0.05) is 18.1 Å². The van der Waals surface area contributed by atoms with Crippen molar-refractivity contribution in [3.63, 3.8) is 0 Å². The van der Waals surface area contributed by atoms with E-state index in [1.165, 1.54) is 0 Å². The van der Waals surface area contributed by atoms with E-state index in [0.717, 1.165) is 0 Å². The molecular formula is C15H30BiN3O6. The molecule has 0 saturated heterocycles. The number of carboxylic acids is 3. The smallest absolute Gasteiger partial charge is 0.548 e. The number of hydrogen-bond acceptors (Lipinski definition) is 9. The van der Waals surface area contributed by atoms with Gasteiger partial charge in [-0.2, -0.15) is 0 Å². The first kappa shape index (κ1) is 31.9. The van der Waals surface area contributed by atoms with Crippen molar-refractivity contribution >= 4 is 44.1 Å². The van der Waals surface area contributed by atoms with Gasteiger partial charge in [0.05, 0.1) is 17.9 Å². The Morgan fingerprint density at radius 1 is 0.560 bits per heavy atom. The summed E-state index contributed by atoms with van der Waals surface area (Å²) < 4.78 is 0. The number of rotatable bonds is 6. The molecule has 0 amide bonds. The van der Waals surface area contributed by atoms with Gasteiger partial charge in [0.2, 0.25) is 0 Å². The van der Waals surface area contributed by atoms with Crippen LogP contribution in [0.4, 0.5) is 0 Å². The molecule has 0 fully saturated rings. The largest absolute Gasteiger partial charge is 3.00 e. The van der Waals surface area contributed by atoms with Crippen LogP contribution in [-0.4, -0.2) is 62.2 Å². The van der Waals surface area contributed by atoms with Crippen LogP contribution in [0.25, 0.3) is 0 Å². The van der Waals surface area contributed by atoms with Crippen LogP contribution in [0.3, 0.4) is 0 Å². The van der Waals surface area contributed by atoms with E-state index in [-0.39, 0.29) is 44.0 Å². The number of aliphatic carboxylic acids is 3. The fourth-order valence-electron chi connectivity index (χ4n) is 0.816. The van der Waals surface area contributed by atoms with Crippen molar-refractivity contribution < 1.29 is 29.7 Å².